The van der Waals surface area contributed by atoms with Gasteiger partial charge >= 0.3 is 6.03 Å². The molecule has 2 aliphatic heterocycles. The maximum absolute atomic E-state index is 14.9. The lowest BCUT2D eigenvalue weighted by molar-refractivity contribution is -0.123. The van der Waals surface area contributed by atoms with Crippen molar-refractivity contribution in [2.75, 3.05) is 31.1 Å². The molecule has 2 aromatic rings. The Morgan fingerprint density at radius 1 is 1.15 bits per heavy atom. The molecule has 33 heavy (non-hydrogen) atoms. The first-order valence-corrected chi connectivity index (χ1v) is 11.2. The van der Waals surface area contributed by atoms with E-state index in [0.717, 1.165) is 17.4 Å². The molecule has 3 aliphatic rings. The summed E-state index contributed by atoms with van der Waals surface area (Å²) < 4.78 is 14.9. The molecular formula is C24H26FN5O3. The summed E-state index contributed by atoms with van der Waals surface area (Å²) in [5.41, 5.74) is 1.29. The van der Waals surface area contributed by atoms with Crippen molar-refractivity contribution in [3.63, 3.8) is 0 Å². The van der Waals surface area contributed by atoms with Gasteiger partial charge in [0.25, 0.3) is 11.8 Å². The van der Waals surface area contributed by atoms with Gasteiger partial charge in [-0.2, -0.15) is 0 Å². The number of amides is 4. The number of pyridine rings is 1. The van der Waals surface area contributed by atoms with Crippen molar-refractivity contribution >= 4 is 23.7 Å². The summed E-state index contributed by atoms with van der Waals surface area (Å²) in [5.74, 6) is -0.0768. The van der Waals surface area contributed by atoms with Gasteiger partial charge in [-0.25, -0.2) is 14.2 Å². The van der Waals surface area contributed by atoms with Crippen LogP contribution in [0.2, 0.25) is 0 Å². The monoisotopic (exact) mass is 451 g/mol. The van der Waals surface area contributed by atoms with Crippen LogP contribution in [0.25, 0.3) is 0 Å². The zero-order chi connectivity index (χ0) is 23.3. The number of imide groups is 1. The SMILES string of the molecule is Cc1cc(C2CC2)cnc1N1CCN(C(=O)c2ccc([C@]3(C)NC(=O)NC3=O)cc2F)CC1. The van der Waals surface area contributed by atoms with Gasteiger partial charge in [-0.1, -0.05) is 12.1 Å². The Morgan fingerprint density at radius 2 is 1.88 bits per heavy atom. The quantitative estimate of drug-likeness (QED) is 0.697. The summed E-state index contributed by atoms with van der Waals surface area (Å²) in [5, 5.41) is 4.65. The average Bonchev–Trinajstić information content (AvgIpc) is 3.60. The van der Waals surface area contributed by atoms with Crippen molar-refractivity contribution in [2.45, 2.75) is 38.1 Å². The second kappa shape index (κ2) is 7.83. The van der Waals surface area contributed by atoms with Gasteiger partial charge in [-0.15, -0.1) is 0 Å². The van der Waals surface area contributed by atoms with Crippen LogP contribution in [0.4, 0.5) is 15.0 Å². The summed E-state index contributed by atoms with van der Waals surface area (Å²) in [6, 6.07) is 5.61. The van der Waals surface area contributed by atoms with Gasteiger partial charge in [-0.3, -0.25) is 14.9 Å². The first-order chi connectivity index (χ1) is 15.8. The molecule has 5 rings (SSSR count). The van der Waals surface area contributed by atoms with Crippen LogP contribution in [0.3, 0.4) is 0 Å². The van der Waals surface area contributed by atoms with E-state index in [9.17, 15) is 18.8 Å². The number of carbonyl (C=O) groups excluding carboxylic acids is 3. The minimum Gasteiger partial charge on any atom is -0.353 e. The molecule has 1 saturated carbocycles. The topological polar surface area (TPSA) is 94.6 Å². The van der Waals surface area contributed by atoms with Crippen molar-refractivity contribution in [3.05, 3.63) is 58.5 Å². The minimum atomic E-state index is -1.37. The Hall–Kier alpha value is -3.49. The lowest BCUT2D eigenvalue weighted by Gasteiger charge is -2.36. The number of hydrogen-bond donors (Lipinski definition) is 2. The fourth-order valence-corrected chi connectivity index (χ4v) is 4.60. The van der Waals surface area contributed by atoms with E-state index in [-0.39, 0.29) is 11.1 Å². The lowest BCUT2D eigenvalue weighted by atomic mass is 9.91. The van der Waals surface area contributed by atoms with E-state index in [1.807, 2.05) is 6.20 Å². The molecule has 2 saturated heterocycles. The van der Waals surface area contributed by atoms with E-state index in [4.69, 9.17) is 0 Å². The van der Waals surface area contributed by atoms with Gasteiger partial charge in [0.1, 0.15) is 17.2 Å². The van der Waals surface area contributed by atoms with Crippen LogP contribution in [-0.2, 0) is 10.3 Å². The van der Waals surface area contributed by atoms with Crippen LogP contribution < -0.4 is 15.5 Å². The molecule has 1 aromatic heterocycles. The molecule has 0 radical (unpaired) electrons. The lowest BCUT2D eigenvalue weighted by Crippen LogP contribution is -2.49. The van der Waals surface area contributed by atoms with Gasteiger partial charge in [0.05, 0.1) is 5.56 Å². The van der Waals surface area contributed by atoms with Crippen LogP contribution in [-0.4, -0.2) is 53.9 Å². The Kier molecular flexibility index (Phi) is 5.07. The molecular weight excluding hydrogens is 425 g/mol. The zero-order valence-corrected chi connectivity index (χ0v) is 18.7. The third-order valence-corrected chi connectivity index (χ3v) is 6.81. The third kappa shape index (κ3) is 3.81. The fraction of sp³-hybridized carbons (Fsp3) is 0.417. The summed E-state index contributed by atoms with van der Waals surface area (Å²) in [7, 11) is 0. The number of benzene rings is 1. The van der Waals surface area contributed by atoms with Gasteiger partial charge in [0.2, 0.25) is 0 Å². The van der Waals surface area contributed by atoms with Crippen molar-refractivity contribution in [1.29, 1.82) is 0 Å². The molecule has 3 fully saturated rings. The van der Waals surface area contributed by atoms with E-state index in [2.05, 4.69) is 33.5 Å². The van der Waals surface area contributed by atoms with Crippen molar-refractivity contribution in [1.82, 2.24) is 20.5 Å². The van der Waals surface area contributed by atoms with Crippen molar-refractivity contribution in [3.8, 4) is 0 Å². The normalized spacial score (nSPS) is 22.9. The fourth-order valence-electron chi connectivity index (χ4n) is 4.60. The number of nitrogens with zero attached hydrogens (tertiary/aromatic N) is 3. The number of aromatic nitrogens is 1. The molecule has 2 N–H and O–H groups in total. The highest BCUT2D eigenvalue weighted by Gasteiger charge is 2.44. The van der Waals surface area contributed by atoms with Crippen LogP contribution in [0, 0.1) is 12.7 Å². The number of anilines is 1. The largest absolute Gasteiger partial charge is 0.353 e. The number of rotatable bonds is 4. The molecule has 1 aliphatic carbocycles. The smallest absolute Gasteiger partial charge is 0.322 e. The third-order valence-electron chi connectivity index (χ3n) is 6.81. The van der Waals surface area contributed by atoms with Crippen LogP contribution >= 0.6 is 0 Å². The van der Waals surface area contributed by atoms with Gasteiger partial charge in [0.15, 0.2) is 0 Å². The van der Waals surface area contributed by atoms with Crippen LogP contribution in [0.5, 0.6) is 0 Å². The first-order valence-electron chi connectivity index (χ1n) is 11.2. The van der Waals surface area contributed by atoms with E-state index in [0.29, 0.717) is 32.1 Å². The maximum atomic E-state index is 14.9. The standard InChI is InChI=1S/C24H26FN5O3/c1-14-11-16(15-3-4-15)13-26-20(14)29-7-9-30(10-8-29)21(31)18-6-5-17(12-19(18)25)24(2)22(32)27-23(33)28-24/h5-6,11-13,15H,3-4,7-10H2,1-2H3,(H2,27,28,32,33)/t24-/m0/s1. The molecule has 1 aromatic carbocycles. The molecule has 3 heterocycles. The number of carbonyl (C=O) groups is 3. The number of urea groups is 1. The Bertz CT molecular complexity index is 1160. The Morgan fingerprint density at radius 3 is 2.45 bits per heavy atom. The highest BCUT2D eigenvalue weighted by Crippen LogP contribution is 2.40. The van der Waals surface area contributed by atoms with Gasteiger partial charge < -0.3 is 15.1 Å². The highest BCUT2D eigenvalue weighted by molar-refractivity contribution is 6.07. The maximum Gasteiger partial charge on any atom is 0.322 e. The van der Waals surface area contributed by atoms with Gasteiger partial charge in [0, 0.05) is 32.4 Å². The summed E-state index contributed by atoms with van der Waals surface area (Å²) in [4.78, 5) is 45.1. The summed E-state index contributed by atoms with van der Waals surface area (Å²) >= 11 is 0. The molecule has 0 unspecified atom stereocenters. The van der Waals surface area contributed by atoms with E-state index in [1.165, 1.54) is 37.5 Å². The molecule has 9 heteroatoms. The number of halogens is 1. The number of piperazine rings is 1. The van der Waals surface area contributed by atoms with E-state index < -0.39 is 29.2 Å². The molecule has 4 amide bonds. The van der Waals surface area contributed by atoms with Crippen molar-refractivity contribution < 1.29 is 18.8 Å². The minimum absolute atomic E-state index is 0.0522. The number of nitrogens with one attached hydrogen (secondary N) is 2. The summed E-state index contributed by atoms with van der Waals surface area (Å²) in [6.07, 6.45) is 4.43. The number of hydrogen-bond acceptors (Lipinski definition) is 5. The second-order valence-electron chi connectivity index (χ2n) is 9.19. The average molecular weight is 452 g/mol. The van der Waals surface area contributed by atoms with E-state index >= 15 is 0 Å². The second-order valence-corrected chi connectivity index (χ2v) is 9.19. The molecule has 8 nitrogen and oxygen atoms in total. The molecule has 0 spiro atoms. The number of aryl methyl sites for hydroxylation is 1. The first kappa shape index (κ1) is 21.4. The molecule has 0 bridgehead atoms. The predicted octanol–water partition coefficient (Wildman–Crippen LogP) is 2.42. The van der Waals surface area contributed by atoms with Crippen LogP contribution in [0.15, 0.2) is 30.5 Å². The van der Waals surface area contributed by atoms with Gasteiger partial charge in [-0.05, 0) is 61.4 Å². The molecule has 172 valence electrons. The Labute approximate surface area is 191 Å². The Balaban J connectivity index is 1.26. The molecule has 1 atom stereocenters. The van der Waals surface area contributed by atoms with Crippen molar-refractivity contribution in [2.24, 2.45) is 0 Å². The van der Waals surface area contributed by atoms with E-state index in [1.54, 1.807) is 4.90 Å². The van der Waals surface area contributed by atoms with Crippen LogP contribution in [0.1, 0.15) is 52.7 Å². The predicted molar refractivity (Wildman–Crippen MR) is 119 cm³/mol. The summed E-state index contributed by atoms with van der Waals surface area (Å²) in [6.45, 7) is 5.72. The highest BCUT2D eigenvalue weighted by atomic mass is 19.1. The zero-order valence-electron chi connectivity index (χ0n) is 18.7.